The highest BCUT2D eigenvalue weighted by Gasteiger charge is 2.33. The van der Waals surface area contributed by atoms with E-state index in [-0.39, 0.29) is 24.4 Å². The van der Waals surface area contributed by atoms with Crippen molar-refractivity contribution >= 4 is 16.2 Å². The van der Waals surface area contributed by atoms with Gasteiger partial charge in [0.15, 0.2) is 0 Å². The van der Waals surface area contributed by atoms with Crippen LogP contribution < -0.4 is 0 Å². The van der Waals surface area contributed by atoms with Gasteiger partial charge in [0.1, 0.15) is 0 Å². The molecule has 0 N–H and O–H groups in total. The van der Waals surface area contributed by atoms with Gasteiger partial charge in [0, 0.05) is 26.7 Å². The van der Waals surface area contributed by atoms with Crippen LogP contribution in [0.5, 0.6) is 0 Å². The first-order valence-electron chi connectivity index (χ1n) is 6.20. The normalized spacial score (nSPS) is 14.8. The lowest BCUT2D eigenvalue weighted by Crippen LogP contribution is -2.48. The lowest BCUT2D eigenvalue weighted by Gasteiger charge is -2.36. The van der Waals surface area contributed by atoms with E-state index in [0.29, 0.717) is 0 Å². The molecule has 0 aromatic heterocycles. The van der Waals surface area contributed by atoms with Gasteiger partial charge in [-0.2, -0.15) is 17.0 Å². The molecule has 7 heteroatoms. The molecular weight excluding hydrogens is 268 g/mol. The quantitative estimate of drug-likeness (QED) is 0.688. The van der Waals surface area contributed by atoms with E-state index in [1.54, 1.807) is 7.05 Å². The second-order valence-corrected chi connectivity index (χ2v) is 7.81. The average Bonchev–Trinajstić information content (AvgIpc) is 2.31. The molecule has 0 aromatic carbocycles. The van der Waals surface area contributed by atoms with E-state index >= 15 is 0 Å². The van der Waals surface area contributed by atoms with Crippen molar-refractivity contribution in [3.8, 4) is 0 Å². The highest BCUT2D eigenvalue weighted by molar-refractivity contribution is 7.86. The van der Waals surface area contributed by atoms with Gasteiger partial charge >= 0.3 is 5.97 Å². The van der Waals surface area contributed by atoms with Crippen LogP contribution in [-0.4, -0.2) is 56.8 Å². The molecule has 19 heavy (non-hydrogen) atoms. The fraction of sp³-hybridized carbons (Fsp3) is 0.917. The van der Waals surface area contributed by atoms with Crippen LogP contribution >= 0.6 is 0 Å². The zero-order valence-electron chi connectivity index (χ0n) is 12.9. The lowest BCUT2D eigenvalue weighted by molar-refractivity contribution is -0.140. The first-order chi connectivity index (χ1) is 8.44. The van der Waals surface area contributed by atoms with Gasteiger partial charge in [-0.15, -0.1) is 0 Å². The van der Waals surface area contributed by atoms with E-state index in [1.165, 1.54) is 22.8 Å². The largest absolute Gasteiger partial charge is 0.469 e. The van der Waals surface area contributed by atoms with Gasteiger partial charge in [-0.1, -0.05) is 20.8 Å². The third-order valence-corrected chi connectivity index (χ3v) is 5.43. The van der Waals surface area contributed by atoms with E-state index in [9.17, 15) is 13.2 Å². The zero-order valence-corrected chi connectivity index (χ0v) is 13.7. The van der Waals surface area contributed by atoms with Crippen molar-refractivity contribution in [3.63, 3.8) is 0 Å². The molecule has 0 amide bonds. The van der Waals surface area contributed by atoms with Crippen LogP contribution in [0.25, 0.3) is 0 Å². The summed E-state index contributed by atoms with van der Waals surface area (Å²) in [5.74, 6) is -0.423. The summed E-state index contributed by atoms with van der Waals surface area (Å²) in [6.45, 7) is 7.93. The van der Waals surface area contributed by atoms with Gasteiger partial charge in [-0.25, -0.2) is 0 Å². The number of methoxy groups -OCH3 is 1. The molecule has 0 aromatic rings. The van der Waals surface area contributed by atoms with Crippen molar-refractivity contribution in [2.24, 2.45) is 5.41 Å². The summed E-state index contributed by atoms with van der Waals surface area (Å²) in [5, 5.41) is 0. The van der Waals surface area contributed by atoms with Crippen molar-refractivity contribution in [2.75, 3.05) is 27.7 Å². The number of carbonyl (C=O) groups excluding carboxylic acids is 1. The summed E-state index contributed by atoms with van der Waals surface area (Å²) in [5.41, 5.74) is -0.162. The molecule has 114 valence electrons. The molecule has 0 aliphatic heterocycles. The highest BCUT2D eigenvalue weighted by Crippen LogP contribution is 2.25. The monoisotopic (exact) mass is 294 g/mol. The van der Waals surface area contributed by atoms with Crippen molar-refractivity contribution in [3.05, 3.63) is 0 Å². The minimum atomic E-state index is -3.57. The predicted molar refractivity (Wildman–Crippen MR) is 74.9 cm³/mol. The Balaban J connectivity index is 4.82. The predicted octanol–water partition coefficient (Wildman–Crippen LogP) is 1.09. The van der Waals surface area contributed by atoms with Crippen LogP contribution in [-0.2, 0) is 19.7 Å². The number of rotatable bonds is 6. The van der Waals surface area contributed by atoms with E-state index in [1.807, 2.05) is 27.7 Å². The molecule has 6 nitrogen and oxygen atoms in total. The third-order valence-electron chi connectivity index (χ3n) is 3.42. The van der Waals surface area contributed by atoms with Crippen LogP contribution in [0.3, 0.4) is 0 Å². The van der Waals surface area contributed by atoms with Gasteiger partial charge in [0.05, 0.1) is 13.5 Å². The maximum Gasteiger partial charge on any atom is 0.306 e. The van der Waals surface area contributed by atoms with Crippen LogP contribution in [0, 0.1) is 5.41 Å². The zero-order chi connectivity index (χ0) is 15.4. The standard InChI is InChI=1S/C12H26N2O4S/c1-10(12(2,3)4)14(6)19(16,17)13(5)9-8-11(15)18-7/h10H,8-9H2,1-7H3. The van der Waals surface area contributed by atoms with Crippen molar-refractivity contribution in [1.29, 1.82) is 0 Å². The minimum absolute atomic E-state index is 0.0456. The fourth-order valence-electron chi connectivity index (χ4n) is 1.43. The minimum Gasteiger partial charge on any atom is -0.469 e. The van der Waals surface area contributed by atoms with Gasteiger partial charge in [0.2, 0.25) is 0 Å². The van der Waals surface area contributed by atoms with Gasteiger partial charge < -0.3 is 4.74 Å². The number of hydrogen-bond acceptors (Lipinski definition) is 4. The van der Waals surface area contributed by atoms with E-state index < -0.39 is 16.2 Å². The Kier molecular flexibility index (Phi) is 6.44. The van der Waals surface area contributed by atoms with Gasteiger partial charge in [0.25, 0.3) is 10.2 Å². The molecule has 0 saturated carbocycles. The van der Waals surface area contributed by atoms with Crippen LogP contribution in [0.2, 0.25) is 0 Å². The number of hydrogen-bond donors (Lipinski definition) is 0. The summed E-state index contributed by atoms with van der Waals surface area (Å²) in [4.78, 5) is 11.0. The summed E-state index contributed by atoms with van der Waals surface area (Å²) in [7, 11) is 0.734. The van der Waals surface area contributed by atoms with Crippen LogP contribution in [0.4, 0.5) is 0 Å². The second-order valence-electron chi connectivity index (χ2n) is 5.71. The SMILES string of the molecule is COC(=O)CCN(C)S(=O)(=O)N(C)C(C)C(C)(C)C. The van der Waals surface area contributed by atoms with Gasteiger partial charge in [-0.3, -0.25) is 4.79 Å². The van der Waals surface area contributed by atoms with Crippen molar-refractivity contribution in [2.45, 2.75) is 40.2 Å². The Morgan fingerprint density at radius 2 is 1.74 bits per heavy atom. The van der Waals surface area contributed by atoms with Crippen molar-refractivity contribution in [1.82, 2.24) is 8.61 Å². The van der Waals surface area contributed by atoms with Crippen molar-refractivity contribution < 1.29 is 17.9 Å². The Morgan fingerprint density at radius 1 is 1.26 bits per heavy atom. The molecule has 1 atom stereocenters. The second kappa shape index (κ2) is 6.67. The van der Waals surface area contributed by atoms with E-state index in [4.69, 9.17) is 0 Å². The Morgan fingerprint density at radius 3 is 2.11 bits per heavy atom. The average molecular weight is 294 g/mol. The first-order valence-corrected chi connectivity index (χ1v) is 7.60. The Bertz CT molecular complexity index is 400. The summed E-state index contributed by atoms with van der Waals surface area (Å²) in [6.07, 6.45) is 0.0456. The molecule has 0 aliphatic rings. The summed E-state index contributed by atoms with van der Waals surface area (Å²) in [6, 6.07) is -0.155. The molecule has 1 unspecified atom stereocenters. The molecule has 0 radical (unpaired) electrons. The van der Waals surface area contributed by atoms with E-state index in [0.717, 1.165) is 0 Å². The maximum absolute atomic E-state index is 12.3. The number of ether oxygens (including phenoxy) is 1. The first kappa shape index (κ1) is 18.3. The molecule has 0 saturated heterocycles. The smallest absolute Gasteiger partial charge is 0.306 e. The van der Waals surface area contributed by atoms with Crippen LogP contribution in [0.15, 0.2) is 0 Å². The molecule has 0 rings (SSSR count). The van der Waals surface area contributed by atoms with Crippen LogP contribution in [0.1, 0.15) is 34.1 Å². The van der Waals surface area contributed by atoms with E-state index in [2.05, 4.69) is 4.74 Å². The molecule has 0 bridgehead atoms. The molecule has 0 spiro atoms. The lowest BCUT2D eigenvalue weighted by atomic mass is 9.88. The summed E-state index contributed by atoms with van der Waals surface area (Å²) >= 11 is 0. The maximum atomic E-state index is 12.3. The fourth-order valence-corrected chi connectivity index (χ4v) is 2.91. The number of carbonyl (C=O) groups is 1. The third kappa shape index (κ3) is 5.08. The molecule has 0 fully saturated rings. The molecule has 0 heterocycles. The molecule has 0 aliphatic carbocycles. The Labute approximate surface area is 116 Å². The summed E-state index contributed by atoms with van der Waals surface area (Å²) < 4.78 is 31.7. The number of nitrogens with zero attached hydrogens (tertiary/aromatic N) is 2. The topological polar surface area (TPSA) is 66.9 Å². The highest BCUT2D eigenvalue weighted by atomic mass is 32.2. The number of esters is 1. The Hall–Kier alpha value is -0.660. The molecular formula is C12H26N2O4S. The van der Waals surface area contributed by atoms with Gasteiger partial charge in [-0.05, 0) is 12.3 Å².